The van der Waals surface area contributed by atoms with Crippen LogP contribution in [0.4, 0.5) is 5.69 Å². The zero-order chi connectivity index (χ0) is 19.3. The molecule has 140 valence electrons. The fraction of sp³-hybridized carbons (Fsp3) is 0.316. The molecule has 0 heterocycles. The van der Waals surface area contributed by atoms with Gasteiger partial charge in [-0.25, -0.2) is 8.42 Å². The average molecular weight is 395 g/mol. The molecule has 0 atom stereocenters. The van der Waals surface area contributed by atoms with E-state index in [9.17, 15) is 13.2 Å². The third-order valence-electron chi connectivity index (χ3n) is 3.94. The average Bonchev–Trinajstić information content (AvgIpc) is 2.58. The van der Waals surface area contributed by atoms with E-state index in [0.717, 1.165) is 16.1 Å². The van der Waals surface area contributed by atoms with Gasteiger partial charge < -0.3 is 4.90 Å². The van der Waals surface area contributed by atoms with Crippen LogP contribution in [-0.4, -0.2) is 38.1 Å². The monoisotopic (exact) mass is 394 g/mol. The van der Waals surface area contributed by atoms with Crippen molar-refractivity contribution < 1.29 is 13.2 Å². The Labute approximate surface area is 160 Å². The van der Waals surface area contributed by atoms with Gasteiger partial charge in [-0.2, -0.15) is 0 Å². The van der Waals surface area contributed by atoms with Crippen molar-refractivity contribution in [3.63, 3.8) is 0 Å². The maximum Gasteiger partial charge on any atom is 0.243 e. The van der Waals surface area contributed by atoms with Gasteiger partial charge in [-0.3, -0.25) is 9.10 Å². The lowest BCUT2D eigenvalue weighted by Crippen LogP contribution is -2.45. The third-order valence-corrected chi connectivity index (χ3v) is 5.39. The summed E-state index contributed by atoms with van der Waals surface area (Å²) in [6.07, 6.45) is 1.07. The number of hydrogen-bond donors (Lipinski definition) is 0. The minimum atomic E-state index is -3.67. The van der Waals surface area contributed by atoms with Gasteiger partial charge in [-0.1, -0.05) is 54.1 Å². The van der Waals surface area contributed by atoms with Crippen LogP contribution >= 0.6 is 11.6 Å². The topological polar surface area (TPSA) is 57.7 Å². The highest BCUT2D eigenvalue weighted by Crippen LogP contribution is 2.27. The van der Waals surface area contributed by atoms with E-state index in [0.29, 0.717) is 12.2 Å². The second kappa shape index (κ2) is 8.56. The van der Waals surface area contributed by atoms with Crippen LogP contribution in [0.15, 0.2) is 54.6 Å². The highest BCUT2D eigenvalue weighted by Gasteiger charge is 2.26. The number of benzene rings is 2. The molecule has 2 aromatic rings. The van der Waals surface area contributed by atoms with Crippen LogP contribution in [0.3, 0.4) is 0 Å². The predicted molar refractivity (Wildman–Crippen MR) is 106 cm³/mol. The maximum absolute atomic E-state index is 12.9. The first-order valence-corrected chi connectivity index (χ1v) is 10.5. The Kier molecular flexibility index (Phi) is 6.67. The first-order valence-electron chi connectivity index (χ1n) is 8.25. The third kappa shape index (κ3) is 5.22. The van der Waals surface area contributed by atoms with Crippen molar-refractivity contribution in [2.24, 2.45) is 0 Å². The first kappa shape index (κ1) is 20.3. The van der Waals surface area contributed by atoms with Gasteiger partial charge in [0.2, 0.25) is 15.9 Å². The van der Waals surface area contributed by atoms with Gasteiger partial charge in [0.15, 0.2) is 0 Å². The molecule has 0 N–H and O–H groups in total. The standard InChI is InChI=1S/C19H23ClN2O3S/c1-15(2)21(13-16-9-5-4-6-10-16)19(23)14-22(26(3,24)25)18-12-8-7-11-17(18)20/h4-12,15H,13-14H2,1-3H3. The van der Waals surface area contributed by atoms with Gasteiger partial charge in [0.25, 0.3) is 0 Å². The fourth-order valence-electron chi connectivity index (χ4n) is 2.59. The number of halogens is 1. The Morgan fingerprint density at radius 2 is 1.62 bits per heavy atom. The van der Waals surface area contributed by atoms with Gasteiger partial charge >= 0.3 is 0 Å². The van der Waals surface area contributed by atoms with Crippen molar-refractivity contribution in [1.29, 1.82) is 0 Å². The molecule has 0 aliphatic rings. The Hall–Kier alpha value is -2.05. The minimum Gasteiger partial charge on any atom is -0.334 e. The number of carbonyl (C=O) groups excluding carboxylic acids is 1. The molecule has 2 aromatic carbocycles. The van der Waals surface area contributed by atoms with E-state index >= 15 is 0 Å². The summed E-state index contributed by atoms with van der Waals surface area (Å²) in [5.41, 5.74) is 1.28. The molecule has 0 bridgehead atoms. The highest BCUT2D eigenvalue weighted by molar-refractivity contribution is 7.92. The highest BCUT2D eigenvalue weighted by atomic mass is 35.5. The molecule has 0 spiro atoms. The van der Waals surface area contributed by atoms with E-state index in [1.54, 1.807) is 29.2 Å². The number of para-hydroxylation sites is 1. The van der Waals surface area contributed by atoms with Gasteiger partial charge in [-0.05, 0) is 31.5 Å². The van der Waals surface area contributed by atoms with Crippen molar-refractivity contribution in [2.75, 3.05) is 17.1 Å². The van der Waals surface area contributed by atoms with Crippen molar-refractivity contribution in [3.8, 4) is 0 Å². The lowest BCUT2D eigenvalue weighted by Gasteiger charge is -2.30. The summed E-state index contributed by atoms with van der Waals surface area (Å²) >= 11 is 6.15. The molecule has 26 heavy (non-hydrogen) atoms. The number of amides is 1. The van der Waals surface area contributed by atoms with Gasteiger partial charge in [-0.15, -0.1) is 0 Å². The quantitative estimate of drug-likeness (QED) is 0.721. The Bertz CT molecular complexity index is 854. The van der Waals surface area contributed by atoms with Crippen molar-refractivity contribution in [3.05, 3.63) is 65.2 Å². The van der Waals surface area contributed by atoms with Crippen LogP contribution in [0.5, 0.6) is 0 Å². The van der Waals surface area contributed by atoms with Crippen molar-refractivity contribution in [2.45, 2.75) is 26.4 Å². The van der Waals surface area contributed by atoms with Gasteiger partial charge in [0.1, 0.15) is 6.54 Å². The molecular formula is C19H23ClN2O3S. The molecule has 0 aromatic heterocycles. The molecule has 1 amide bonds. The molecule has 0 saturated carbocycles. The van der Waals surface area contributed by atoms with Crippen LogP contribution in [0.2, 0.25) is 5.02 Å². The number of nitrogens with zero attached hydrogens (tertiary/aromatic N) is 2. The van der Waals surface area contributed by atoms with Crippen LogP contribution in [0, 0.1) is 0 Å². The van der Waals surface area contributed by atoms with Crippen LogP contribution in [0.25, 0.3) is 0 Å². The summed E-state index contributed by atoms with van der Waals surface area (Å²) in [5, 5.41) is 0.282. The Morgan fingerprint density at radius 1 is 1.04 bits per heavy atom. The van der Waals surface area contributed by atoms with Gasteiger partial charge in [0.05, 0.1) is 17.0 Å². The number of hydrogen-bond acceptors (Lipinski definition) is 3. The molecular weight excluding hydrogens is 372 g/mol. The van der Waals surface area contributed by atoms with E-state index < -0.39 is 10.0 Å². The normalized spacial score (nSPS) is 11.4. The van der Waals surface area contributed by atoms with E-state index in [1.165, 1.54) is 0 Å². The minimum absolute atomic E-state index is 0.0737. The predicted octanol–water partition coefficient (Wildman–Crippen LogP) is 3.54. The van der Waals surface area contributed by atoms with Crippen LogP contribution in [0.1, 0.15) is 19.4 Å². The SMILES string of the molecule is CC(C)N(Cc1ccccc1)C(=O)CN(c1ccccc1Cl)S(C)(=O)=O. The molecule has 0 unspecified atom stereocenters. The van der Waals surface area contributed by atoms with Crippen LogP contribution in [-0.2, 0) is 21.4 Å². The summed E-state index contributed by atoms with van der Waals surface area (Å²) in [4.78, 5) is 14.6. The molecule has 7 heteroatoms. The zero-order valence-corrected chi connectivity index (χ0v) is 16.7. The first-order chi connectivity index (χ1) is 12.2. The summed E-state index contributed by atoms with van der Waals surface area (Å²) in [5.74, 6) is -0.283. The smallest absolute Gasteiger partial charge is 0.243 e. The van der Waals surface area contributed by atoms with Crippen molar-refractivity contribution in [1.82, 2.24) is 4.90 Å². The van der Waals surface area contributed by atoms with Gasteiger partial charge in [0, 0.05) is 12.6 Å². The number of sulfonamides is 1. The second-order valence-corrected chi connectivity index (χ2v) is 8.64. The molecule has 2 rings (SSSR count). The van der Waals surface area contributed by atoms with Crippen molar-refractivity contribution >= 4 is 33.2 Å². The van der Waals surface area contributed by atoms with E-state index in [2.05, 4.69) is 0 Å². The number of rotatable bonds is 7. The molecule has 0 aliphatic carbocycles. The summed E-state index contributed by atoms with van der Waals surface area (Å²) in [7, 11) is -3.67. The molecule has 0 fully saturated rings. The molecule has 5 nitrogen and oxygen atoms in total. The lowest BCUT2D eigenvalue weighted by atomic mass is 10.2. The van der Waals surface area contributed by atoms with E-state index in [-0.39, 0.29) is 23.5 Å². The molecule has 0 saturated heterocycles. The maximum atomic E-state index is 12.9. The summed E-state index contributed by atoms with van der Waals surface area (Å²) in [6, 6.07) is 16.1. The number of anilines is 1. The summed E-state index contributed by atoms with van der Waals surface area (Å²) in [6.45, 7) is 3.92. The van der Waals surface area contributed by atoms with Crippen LogP contribution < -0.4 is 4.31 Å². The lowest BCUT2D eigenvalue weighted by molar-refractivity contribution is -0.131. The summed E-state index contributed by atoms with van der Waals surface area (Å²) < 4.78 is 25.6. The Morgan fingerprint density at radius 3 is 2.15 bits per heavy atom. The zero-order valence-electron chi connectivity index (χ0n) is 15.1. The van der Waals surface area contributed by atoms with E-state index in [1.807, 2.05) is 44.2 Å². The largest absolute Gasteiger partial charge is 0.334 e. The molecule has 0 radical (unpaired) electrons. The molecule has 0 aliphatic heterocycles. The fourth-order valence-corrected chi connectivity index (χ4v) is 3.74. The Balaban J connectivity index is 2.28. The second-order valence-electron chi connectivity index (χ2n) is 6.32. The van der Waals surface area contributed by atoms with E-state index in [4.69, 9.17) is 11.6 Å². The number of carbonyl (C=O) groups is 1.